The van der Waals surface area contributed by atoms with Gasteiger partial charge in [-0.2, -0.15) is 13.2 Å². The molecule has 1 aromatic rings. The van der Waals surface area contributed by atoms with Gasteiger partial charge in [0.05, 0.1) is 5.69 Å². The van der Waals surface area contributed by atoms with Gasteiger partial charge in [0.15, 0.2) is 0 Å². The van der Waals surface area contributed by atoms with E-state index in [9.17, 15) is 13.2 Å². The van der Waals surface area contributed by atoms with E-state index < -0.39 is 11.7 Å². The van der Waals surface area contributed by atoms with Crippen molar-refractivity contribution in [2.24, 2.45) is 0 Å². The highest BCUT2D eigenvalue weighted by atomic mass is 32.1. The Morgan fingerprint density at radius 1 is 1.45 bits per heavy atom. The van der Waals surface area contributed by atoms with E-state index in [1.54, 1.807) is 11.3 Å². The summed E-state index contributed by atoms with van der Waals surface area (Å²) in [7, 11) is 0. The maximum atomic E-state index is 12.5. The topological polar surface area (TPSA) is 28.2 Å². The molecule has 0 bridgehead atoms. The van der Waals surface area contributed by atoms with E-state index >= 15 is 0 Å². The largest absolute Gasteiger partial charge is 0.412 e. The van der Waals surface area contributed by atoms with Crippen LogP contribution >= 0.6 is 11.3 Å². The lowest BCUT2D eigenvalue weighted by molar-refractivity contribution is -0.0960. The molecular weight excluding hydrogens is 287 g/mol. The summed E-state index contributed by atoms with van der Waals surface area (Å²) in [5.74, 6) is 0. The quantitative estimate of drug-likeness (QED) is 0.848. The van der Waals surface area contributed by atoms with Crippen LogP contribution in [0, 0.1) is 0 Å². The molecule has 0 atom stereocenters. The number of hydrogen-bond acceptors (Lipinski definition) is 4. The molecule has 0 spiro atoms. The Balaban J connectivity index is 1.86. The minimum atomic E-state index is -4.17. The SMILES string of the molecule is CCNCc1nc(CN2CC=C(C(F)(F)F)CC2)cs1. The Hall–Kier alpha value is -0.920. The molecular formula is C13H18F3N3S. The summed E-state index contributed by atoms with van der Waals surface area (Å²) < 4.78 is 37.5. The van der Waals surface area contributed by atoms with E-state index in [0.29, 0.717) is 19.6 Å². The van der Waals surface area contributed by atoms with Crippen LogP contribution in [0.1, 0.15) is 24.0 Å². The fourth-order valence-electron chi connectivity index (χ4n) is 2.08. The Morgan fingerprint density at radius 2 is 2.25 bits per heavy atom. The predicted octanol–water partition coefficient (Wildman–Crippen LogP) is 2.95. The zero-order valence-corrected chi connectivity index (χ0v) is 12.2. The first-order chi connectivity index (χ1) is 9.49. The van der Waals surface area contributed by atoms with Crippen LogP contribution < -0.4 is 5.32 Å². The molecule has 0 fully saturated rings. The molecule has 0 amide bonds. The van der Waals surface area contributed by atoms with Crippen molar-refractivity contribution in [3.05, 3.63) is 27.7 Å². The first-order valence-corrected chi connectivity index (χ1v) is 7.49. The molecule has 1 aliphatic rings. The molecule has 0 aliphatic carbocycles. The minimum Gasteiger partial charge on any atom is -0.311 e. The van der Waals surface area contributed by atoms with Crippen LogP contribution in [0.4, 0.5) is 13.2 Å². The summed E-state index contributed by atoms with van der Waals surface area (Å²) in [4.78, 5) is 6.47. The molecule has 1 aliphatic heterocycles. The summed E-state index contributed by atoms with van der Waals surface area (Å²) in [6.45, 7) is 5.07. The van der Waals surface area contributed by atoms with Crippen LogP contribution in [0.2, 0.25) is 0 Å². The fourth-order valence-corrected chi connectivity index (χ4v) is 2.83. The van der Waals surface area contributed by atoms with Crippen LogP contribution in [0.3, 0.4) is 0 Å². The number of hydrogen-bond donors (Lipinski definition) is 1. The summed E-state index contributed by atoms with van der Waals surface area (Å²) in [5.41, 5.74) is 0.534. The van der Waals surface area contributed by atoms with Crippen molar-refractivity contribution < 1.29 is 13.2 Å². The third-order valence-electron chi connectivity index (χ3n) is 3.17. The van der Waals surface area contributed by atoms with E-state index in [4.69, 9.17) is 0 Å². The first-order valence-electron chi connectivity index (χ1n) is 6.61. The van der Waals surface area contributed by atoms with Crippen molar-refractivity contribution >= 4 is 11.3 Å². The van der Waals surface area contributed by atoms with Crippen molar-refractivity contribution in [3.63, 3.8) is 0 Å². The van der Waals surface area contributed by atoms with E-state index in [1.807, 2.05) is 17.2 Å². The minimum absolute atomic E-state index is 0.0673. The summed E-state index contributed by atoms with van der Waals surface area (Å²) in [6, 6.07) is 0. The fraction of sp³-hybridized carbons (Fsp3) is 0.615. The maximum absolute atomic E-state index is 12.5. The second kappa shape index (κ2) is 6.69. The lowest BCUT2D eigenvalue weighted by Gasteiger charge is -2.26. The Bertz CT molecular complexity index is 468. The third-order valence-corrected chi connectivity index (χ3v) is 4.07. The lowest BCUT2D eigenvalue weighted by Crippen LogP contribution is -2.31. The van der Waals surface area contributed by atoms with Crippen molar-refractivity contribution in [1.29, 1.82) is 0 Å². The molecule has 1 aromatic heterocycles. The molecule has 1 N–H and O–H groups in total. The Kier molecular flexibility index (Phi) is 5.17. The second-order valence-electron chi connectivity index (χ2n) is 4.73. The van der Waals surface area contributed by atoms with Crippen LogP contribution in [0.15, 0.2) is 17.0 Å². The number of alkyl halides is 3. The van der Waals surface area contributed by atoms with E-state index in [-0.39, 0.29) is 6.42 Å². The molecule has 7 heteroatoms. The van der Waals surface area contributed by atoms with Gasteiger partial charge in [0.25, 0.3) is 0 Å². The second-order valence-corrected chi connectivity index (χ2v) is 5.67. The van der Waals surface area contributed by atoms with Gasteiger partial charge >= 0.3 is 6.18 Å². The highest BCUT2D eigenvalue weighted by Crippen LogP contribution is 2.30. The van der Waals surface area contributed by atoms with Gasteiger partial charge in [-0.3, -0.25) is 4.90 Å². The zero-order chi connectivity index (χ0) is 14.6. The van der Waals surface area contributed by atoms with Gasteiger partial charge in [0.1, 0.15) is 5.01 Å². The van der Waals surface area contributed by atoms with Gasteiger partial charge in [-0.25, -0.2) is 4.98 Å². The number of aromatic nitrogens is 1. The molecule has 3 nitrogen and oxygen atoms in total. The van der Waals surface area contributed by atoms with Crippen LogP contribution in [0.5, 0.6) is 0 Å². The van der Waals surface area contributed by atoms with Crippen LogP contribution in [0.25, 0.3) is 0 Å². The lowest BCUT2D eigenvalue weighted by atomic mass is 10.1. The van der Waals surface area contributed by atoms with Gasteiger partial charge in [-0.1, -0.05) is 13.0 Å². The van der Waals surface area contributed by atoms with E-state index in [1.165, 1.54) is 6.08 Å². The number of rotatable bonds is 5. The van der Waals surface area contributed by atoms with Gasteiger partial charge in [0.2, 0.25) is 0 Å². The molecule has 0 unspecified atom stereocenters. The Morgan fingerprint density at radius 3 is 2.85 bits per heavy atom. The number of nitrogens with one attached hydrogen (secondary N) is 1. The number of nitrogens with zero attached hydrogens (tertiary/aromatic N) is 2. The van der Waals surface area contributed by atoms with Crippen molar-refractivity contribution in [3.8, 4) is 0 Å². The molecule has 112 valence electrons. The number of halogens is 3. The molecule has 0 saturated heterocycles. The monoisotopic (exact) mass is 305 g/mol. The summed E-state index contributed by atoms with van der Waals surface area (Å²) >= 11 is 1.59. The molecule has 2 heterocycles. The smallest absolute Gasteiger partial charge is 0.311 e. The van der Waals surface area contributed by atoms with Crippen molar-refractivity contribution in [2.45, 2.75) is 32.6 Å². The average Bonchev–Trinajstić information content (AvgIpc) is 2.83. The van der Waals surface area contributed by atoms with Gasteiger partial charge < -0.3 is 5.32 Å². The average molecular weight is 305 g/mol. The normalized spacial score (nSPS) is 17.3. The molecule has 0 aromatic carbocycles. The van der Waals surface area contributed by atoms with E-state index in [2.05, 4.69) is 10.3 Å². The third kappa shape index (κ3) is 4.29. The molecule has 0 radical (unpaired) electrons. The van der Waals surface area contributed by atoms with Crippen molar-refractivity contribution in [2.75, 3.05) is 19.6 Å². The van der Waals surface area contributed by atoms with Crippen LogP contribution in [-0.2, 0) is 13.1 Å². The van der Waals surface area contributed by atoms with Gasteiger partial charge in [-0.05, 0) is 13.0 Å². The molecule has 0 saturated carbocycles. The first kappa shape index (κ1) is 15.5. The summed E-state index contributed by atoms with van der Waals surface area (Å²) in [6.07, 6.45) is -2.82. The van der Waals surface area contributed by atoms with E-state index in [0.717, 1.165) is 23.8 Å². The Labute approximate surface area is 120 Å². The standard InChI is InChI=1S/C13H18F3N3S/c1-2-17-7-12-18-11(9-20-12)8-19-5-3-10(4-6-19)13(14,15)16/h3,9,17H,2,4-8H2,1H3. The zero-order valence-electron chi connectivity index (χ0n) is 11.3. The molecule has 20 heavy (non-hydrogen) atoms. The molecule has 2 rings (SSSR count). The summed E-state index contributed by atoms with van der Waals surface area (Å²) in [5, 5.41) is 6.20. The number of thiazole rings is 1. The highest BCUT2D eigenvalue weighted by molar-refractivity contribution is 7.09. The van der Waals surface area contributed by atoms with Gasteiger partial charge in [0, 0.05) is 37.1 Å². The van der Waals surface area contributed by atoms with Gasteiger partial charge in [-0.15, -0.1) is 11.3 Å². The van der Waals surface area contributed by atoms with Crippen molar-refractivity contribution in [1.82, 2.24) is 15.2 Å². The maximum Gasteiger partial charge on any atom is 0.412 e. The highest BCUT2D eigenvalue weighted by Gasteiger charge is 2.34. The van der Waals surface area contributed by atoms with Crippen LogP contribution in [-0.4, -0.2) is 35.7 Å². The predicted molar refractivity (Wildman–Crippen MR) is 73.5 cm³/mol.